The fourth-order valence-corrected chi connectivity index (χ4v) is 2.55. The predicted molar refractivity (Wildman–Crippen MR) is 93.4 cm³/mol. The van der Waals surface area contributed by atoms with Gasteiger partial charge in [-0.25, -0.2) is 0 Å². The number of hydrogen-bond acceptors (Lipinski definition) is 5. The highest BCUT2D eigenvalue weighted by Crippen LogP contribution is 2.27. The summed E-state index contributed by atoms with van der Waals surface area (Å²) in [4.78, 5) is 24.3. The lowest BCUT2D eigenvalue weighted by atomic mass is 10.0. The Morgan fingerprint density at radius 3 is 2.40 bits per heavy atom. The number of ether oxygens (including phenoxy) is 1. The molecule has 0 unspecified atom stereocenters. The fourth-order valence-electron chi connectivity index (χ4n) is 2.55. The van der Waals surface area contributed by atoms with Crippen LogP contribution in [0.1, 0.15) is 39.6 Å². The van der Waals surface area contributed by atoms with Gasteiger partial charge in [0.2, 0.25) is 0 Å². The van der Waals surface area contributed by atoms with Gasteiger partial charge in [-0.3, -0.25) is 14.8 Å². The van der Waals surface area contributed by atoms with Gasteiger partial charge < -0.3 is 9.84 Å². The summed E-state index contributed by atoms with van der Waals surface area (Å²) < 4.78 is 5.30. The molecule has 6 heteroatoms. The van der Waals surface area contributed by atoms with Crippen molar-refractivity contribution >= 4 is 17.4 Å². The highest BCUT2D eigenvalue weighted by molar-refractivity contribution is 6.12. The van der Waals surface area contributed by atoms with Gasteiger partial charge in [-0.15, -0.1) is 0 Å². The first-order valence-corrected chi connectivity index (χ1v) is 7.90. The SMILES string of the molecule is COc1cc(N(O)C(=O)c2ccccc2C(C)=O)ccc1CCCO. The van der Waals surface area contributed by atoms with Crippen molar-refractivity contribution < 1.29 is 24.6 Å². The maximum absolute atomic E-state index is 12.6. The Morgan fingerprint density at radius 2 is 1.80 bits per heavy atom. The fraction of sp³-hybridized carbons (Fsp3) is 0.263. The molecule has 2 rings (SSSR count). The zero-order valence-electron chi connectivity index (χ0n) is 14.2. The van der Waals surface area contributed by atoms with Crippen molar-refractivity contribution in [3.8, 4) is 5.75 Å². The molecule has 0 aliphatic rings. The van der Waals surface area contributed by atoms with Crippen LogP contribution >= 0.6 is 0 Å². The molecule has 0 heterocycles. The zero-order chi connectivity index (χ0) is 18.4. The van der Waals surface area contributed by atoms with E-state index in [1.807, 2.05) is 0 Å². The van der Waals surface area contributed by atoms with E-state index in [0.29, 0.717) is 23.7 Å². The van der Waals surface area contributed by atoms with Crippen LogP contribution in [0.4, 0.5) is 5.69 Å². The Bertz CT molecular complexity index is 772. The normalized spacial score (nSPS) is 10.4. The third kappa shape index (κ3) is 4.23. The molecule has 2 aromatic rings. The largest absolute Gasteiger partial charge is 0.496 e. The molecule has 0 bridgehead atoms. The lowest BCUT2D eigenvalue weighted by molar-refractivity contribution is 0.0848. The summed E-state index contributed by atoms with van der Waals surface area (Å²) in [5.74, 6) is -0.442. The van der Waals surface area contributed by atoms with Crippen molar-refractivity contribution in [2.24, 2.45) is 0 Å². The Balaban J connectivity index is 2.32. The summed E-state index contributed by atoms with van der Waals surface area (Å²) >= 11 is 0. The van der Waals surface area contributed by atoms with Gasteiger partial charge in [0.25, 0.3) is 5.91 Å². The number of benzene rings is 2. The zero-order valence-corrected chi connectivity index (χ0v) is 14.2. The second-order valence-electron chi connectivity index (χ2n) is 5.54. The first-order chi connectivity index (χ1) is 12.0. The van der Waals surface area contributed by atoms with Gasteiger partial charge in [0, 0.05) is 18.2 Å². The van der Waals surface area contributed by atoms with Gasteiger partial charge in [0.05, 0.1) is 18.4 Å². The van der Waals surface area contributed by atoms with Crippen molar-refractivity contribution in [2.75, 3.05) is 18.8 Å². The molecule has 0 saturated heterocycles. The standard InChI is InChI=1S/C19H21NO5/c1-13(22)16-7-3-4-8-17(16)19(23)20(24)15-10-9-14(6-5-11-21)18(12-15)25-2/h3-4,7-10,12,21,24H,5-6,11H2,1-2H3. The molecule has 0 atom stereocenters. The van der Waals surface area contributed by atoms with Crippen LogP contribution in [0.5, 0.6) is 5.75 Å². The molecule has 132 valence electrons. The van der Waals surface area contributed by atoms with Gasteiger partial charge in [0.1, 0.15) is 5.75 Å². The second-order valence-corrected chi connectivity index (χ2v) is 5.54. The lowest BCUT2D eigenvalue weighted by Crippen LogP contribution is -2.28. The number of methoxy groups -OCH3 is 1. The number of aryl methyl sites for hydroxylation is 1. The number of aliphatic hydroxyl groups excluding tert-OH is 1. The van der Waals surface area contributed by atoms with Crippen LogP contribution in [0, 0.1) is 0 Å². The van der Waals surface area contributed by atoms with Gasteiger partial charge >= 0.3 is 0 Å². The summed E-state index contributed by atoms with van der Waals surface area (Å²) in [5.41, 5.74) is 1.47. The van der Waals surface area contributed by atoms with Crippen LogP contribution in [0.3, 0.4) is 0 Å². The summed E-state index contributed by atoms with van der Waals surface area (Å²) in [6, 6.07) is 11.2. The Labute approximate surface area is 146 Å². The van der Waals surface area contributed by atoms with Crippen molar-refractivity contribution in [1.82, 2.24) is 0 Å². The molecule has 0 spiro atoms. The molecular formula is C19H21NO5. The monoisotopic (exact) mass is 343 g/mol. The van der Waals surface area contributed by atoms with E-state index in [1.54, 1.807) is 36.4 Å². The molecule has 0 aromatic heterocycles. The van der Waals surface area contributed by atoms with Crippen LogP contribution < -0.4 is 9.80 Å². The minimum absolute atomic E-state index is 0.0668. The average Bonchev–Trinajstić information content (AvgIpc) is 2.64. The number of carbonyl (C=O) groups excluding carboxylic acids is 2. The number of amides is 1. The molecule has 2 N–H and O–H groups in total. The van der Waals surface area contributed by atoms with Gasteiger partial charge in [-0.05, 0) is 37.5 Å². The number of Topliss-reactive ketones (excluding diaryl/α,β-unsaturated/α-hetero) is 1. The van der Waals surface area contributed by atoms with E-state index < -0.39 is 5.91 Å². The number of aliphatic hydroxyl groups is 1. The number of carbonyl (C=O) groups is 2. The summed E-state index contributed by atoms with van der Waals surface area (Å²) in [5, 5.41) is 19.8. The summed E-state index contributed by atoms with van der Waals surface area (Å²) in [6.07, 6.45) is 1.20. The van der Waals surface area contributed by atoms with E-state index >= 15 is 0 Å². The number of nitrogens with zero attached hydrogens (tertiary/aromatic N) is 1. The van der Waals surface area contributed by atoms with Gasteiger partial charge in [0.15, 0.2) is 5.78 Å². The van der Waals surface area contributed by atoms with E-state index in [9.17, 15) is 14.8 Å². The van der Waals surface area contributed by atoms with E-state index in [0.717, 1.165) is 5.56 Å². The molecule has 1 amide bonds. The van der Waals surface area contributed by atoms with Crippen LogP contribution in [0.25, 0.3) is 0 Å². The van der Waals surface area contributed by atoms with Crippen LogP contribution in [-0.2, 0) is 6.42 Å². The Morgan fingerprint density at radius 1 is 1.12 bits per heavy atom. The van der Waals surface area contributed by atoms with Crippen molar-refractivity contribution in [3.05, 3.63) is 59.2 Å². The highest BCUT2D eigenvalue weighted by Gasteiger charge is 2.21. The molecular weight excluding hydrogens is 322 g/mol. The first kappa shape index (κ1) is 18.6. The molecule has 0 saturated carbocycles. The topological polar surface area (TPSA) is 87.1 Å². The van der Waals surface area contributed by atoms with Crippen molar-refractivity contribution in [3.63, 3.8) is 0 Å². The molecule has 2 aromatic carbocycles. The first-order valence-electron chi connectivity index (χ1n) is 7.90. The van der Waals surface area contributed by atoms with Gasteiger partial charge in [-0.1, -0.05) is 24.3 Å². The summed E-state index contributed by atoms with van der Waals surface area (Å²) in [6.45, 7) is 1.43. The van der Waals surface area contributed by atoms with E-state index in [4.69, 9.17) is 9.84 Å². The number of hydroxylamine groups is 1. The molecule has 25 heavy (non-hydrogen) atoms. The molecule has 6 nitrogen and oxygen atoms in total. The minimum Gasteiger partial charge on any atom is -0.496 e. The predicted octanol–water partition coefficient (Wildman–Crippen LogP) is 2.86. The quantitative estimate of drug-likeness (QED) is 0.458. The van der Waals surface area contributed by atoms with Gasteiger partial charge in [-0.2, -0.15) is 5.06 Å². The number of rotatable bonds is 7. The van der Waals surface area contributed by atoms with Crippen LogP contribution in [-0.4, -0.2) is 35.7 Å². The van der Waals surface area contributed by atoms with Crippen molar-refractivity contribution in [1.29, 1.82) is 0 Å². The number of ketones is 1. The number of hydrogen-bond donors (Lipinski definition) is 2. The van der Waals surface area contributed by atoms with Crippen LogP contribution in [0.15, 0.2) is 42.5 Å². The van der Waals surface area contributed by atoms with E-state index in [1.165, 1.54) is 20.1 Å². The van der Waals surface area contributed by atoms with E-state index in [2.05, 4.69) is 0 Å². The number of anilines is 1. The molecule has 0 radical (unpaired) electrons. The minimum atomic E-state index is -0.698. The van der Waals surface area contributed by atoms with E-state index in [-0.39, 0.29) is 29.2 Å². The average molecular weight is 343 g/mol. The molecule has 0 aliphatic carbocycles. The Kier molecular flexibility index (Phi) is 6.27. The lowest BCUT2D eigenvalue weighted by Gasteiger charge is -2.18. The summed E-state index contributed by atoms with van der Waals surface area (Å²) in [7, 11) is 1.50. The maximum atomic E-state index is 12.6. The molecule has 0 fully saturated rings. The van der Waals surface area contributed by atoms with Crippen molar-refractivity contribution in [2.45, 2.75) is 19.8 Å². The maximum Gasteiger partial charge on any atom is 0.282 e. The third-order valence-electron chi connectivity index (χ3n) is 3.85. The second kappa shape index (κ2) is 8.41. The van der Waals surface area contributed by atoms with Crippen LogP contribution in [0.2, 0.25) is 0 Å². The third-order valence-corrected chi connectivity index (χ3v) is 3.85. The smallest absolute Gasteiger partial charge is 0.282 e. The Hall–Kier alpha value is -2.70. The molecule has 0 aliphatic heterocycles. The highest BCUT2D eigenvalue weighted by atomic mass is 16.5.